The lowest BCUT2D eigenvalue weighted by atomic mass is 9.41. The van der Waals surface area contributed by atoms with Crippen molar-refractivity contribution < 1.29 is 24.9 Å². The molecule has 4 aliphatic rings. The third kappa shape index (κ3) is 3.90. The van der Waals surface area contributed by atoms with Gasteiger partial charge < -0.3 is 26.4 Å². The molecule has 7 atom stereocenters. The number of hydrogen-bond donors (Lipinski definition) is 5. The first kappa shape index (κ1) is 27.7. The molecule has 0 saturated heterocycles. The number of rotatable bonds is 5. The third-order valence-corrected chi connectivity index (χ3v) is 11.3. The third-order valence-electron chi connectivity index (χ3n) is 10.6. The fourth-order valence-corrected chi connectivity index (χ4v) is 9.24. The molecule has 0 spiro atoms. The van der Waals surface area contributed by atoms with Gasteiger partial charge in [0.25, 0.3) is 0 Å². The van der Waals surface area contributed by atoms with Crippen molar-refractivity contribution in [1.29, 1.82) is 0 Å². The SMILES string of the molecule is C[C@]12CCC(=O)C=C1CC[C@H]1[C@@H]3CC[C@](O)(C(=O)CO)[C@@]3(C)C[C@H](O)[C@@]12NC(N)=NCc1cccc(I)c1. The zero-order valence-corrected chi connectivity index (χ0v) is 24.2. The van der Waals surface area contributed by atoms with Crippen LogP contribution in [0, 0.1) is 26.2 Å². The second-order valence-corrected chi connectivity index (χ2v) is 13.4. The average molecular weight is 636 g/mol. The summed E-state index contributed by atoms with van der Waals surface area (Å²) in [5.74, 6) is -0.461. The van der Waals surface area contributed by atoms with E-state index in [2.05, 4.69) is 39.8 Å². The normalized spacial score (nSPS) is 40.6. The summed E-state index contributed by atoms with van der Waals surface area (Å²) in [5.41, 5.74) is 4.53. The van der Waals surface area contributed by atoms with Gasteiger partial charge in [-0.1, -0.05) is 31.6 Å². The molecule has 6 N–H and O–H groups in total. The van der Waals surface area contributed by atoms with Crippen LogP contribution >= 0.6 is 22.6 Å². The van der Waals surface area contributed by atoms with Gasteiger partial charge in [0.05, 0.1) is 18.2 Å². The zero-order valence-electron chi connectivity index (χ0n) is 22.0. The lowest BCUT2D eigenvalue weighted by Crippen LogP contribution is -2.78. The van der Waals surface area contributed by atoms with Crippen LogP contribution in [0.4, 0.5) is 0 Å². The van der Waals surface area contributed by atoms with Gasteiger partial charge in [-0.3, -0.25) is 9.59 Å². The number of ketones is 2. The molecular weight excluding hydrogens is 597 g/mol. The van der Waals surface area contributed by atoms with E-state index in [0.29, 0.717) is 38.6 Å². The topological polar surface area (TPSA) is 145 Å². The highest BCUT2D eigenvalue weighted by Crippen LogP contribution is 2.69. The minimum Gasteiger partial charge on any atom is -0.391 e. The van der Waals surface area contributed by atoms with Crippen LogP contribution in [-0.2, 0) is 16.1 Å². The van der Waals surface area contributed by atoms with Crippen molar-refractivity contribution in [2.45, 2.75) is 82.6 Å². The van der Waals surface area contributed by atoms with Gasteiger partial charge in [-0.25, -0.2) is 4.99 Å². The standard InChI is InChI=1S/C29H38IN3O5/c1-26-10-8-20(35)13-18(26)6-7-22-21-9-11-28(38,24(37)16-34)27(21,2)14-23(36)29(22,26)33-25(31)32-15-17-4-3-5-19(30)12-17/h3-5,12-13,21-23,34,36,38H,6-11,14-16H2,1-2H3,(H3,31,32,33)/t21-,22-,23-,26-,27-,28-,29-/m0/s1. The van der Waals surface area contributed by atoms with Crippen molar-refractivity contribution in [2.24, 2.45) is 33.4 Å². The van der Waals surface area contributed by atoms with E-state index in [1.165, 1.54) is 0 Å². The first-order valence-corrected chi connectivity index (χ1v) is 14.6. The first-order valence-electron chi connectivity index (χ1n) is 13.5. The fraction of sp³-hybridized carbons (Fsp3) is 0.621. The Hall–Kier alpha value is -1.82. The number of nitrogens with two attached hydrogens (primary N) is 1. The number of nitrogens with one attached hydrogen (secondary N) is 1. The predicted molar refractivity (Wildman–Crippen MR) is 152 cm³/mol. The number of halogens is 1. The van der Waals surface area contributed by atoms with E-state index in [0.717, 1.165) is 14.7 Å². The highest BCUT2D eigenvalue weighted by Gasteiger charge is 2.73. The Morgan fingerprint density at radius 3 is 2.68 bits per heavy atom. The Balaban J connectivity index is 1.58. The molecule has 38 heavy (non-hydrogen) atoms. The number of fused-ring (bicyclic) bond motifs is 5. The summed E-state index contributed by atoms with van der Waals surface area (Å²) >= 11 is 2.26. The number of carbonyl (C=O) groups excluding carboxylic acids is 2. The molecule has 9 heteroatoms. The largest absolute Gasteiger partial charge is 0.391 e. The van der Waals surface area contributed by atoms with Gasteiger partial charge in [0.1, 0.15) is 12.2 Å². The van der Waals surface area contributed by atoms with Crippen molar-refractivity contribution in [2.75, 3.05) is 6.61 Å². The number of Topliss-reactive ketones (excluding diaryl/α,β-unsaturated/α-hetero) is 1. The van der Waals surface area contributed by atoms with Gasteiger partial charge in [-0.15, -0.1) is 0 Å². The number of aliphatic hydroxyl groups is 3. The zero-order chi connectivity index (χ0) is 27.5. The van der Waals surface area contributed by atoms with E-state index in [1.54, 1.807) is 6.08 Å². The van der Waals surface area contributed by atoms with Crippen LogP contribution in [0.1, 0.15) is 64.4 Å². The van der Waals surface area contributed by atoms with Gasteiger partial charge in [-0.05, 0) is 96.7 Å². The summed E-state index contributed by atoms with van der Waals surface area (Å²) < 4.78 is 1.11. The molecule has 0 heterocycles. The van der Waals surface area contributed by atoms with Crippen LogP contribution in [0.25, 0.3) is 0 Å². The first-order chi connectivity index (χ1) is 17.9. The van der Waals surface area contributed by atoms with Crippen molar-refractivity contribution in [3.8, 4) is 0 Å². The summed E-state index contributed by atoms with van der Waals surface area (Å²) in [7, 11) is 0. The van der Waals surface area contributed by atoms with Crippen LogP contribution in [0.5, 0.6) is 0 Å². The van der Waals surface area contributed by atoms with E-state index in [1.807, 2.05) is 31.2 Å². The maximum Gasteiger partial charge on any atom is 0.190 e. The molecule has 4 aliphatic carbocycles. The Kier molecular flexibility index (Phi) is 7.06. The molecule has 3 fully saturated rings. The van der Waals surface area contributed by atoms with Gasteiger partial charge in [0.15, 0.2) is 17.5 Å². The van der Waals surface area contributed by atoms with Gasteiger partial charge >= 0.3 is 0 Å². The van der Waals surface area contributed by atoms with Crippen LogP contribution in [0.2, 0.25) is 0 Å². The van der Waals surface area contributed by atoms with E-state index >= 15 is 0 Å². The Bertz CT molecular complexity index is 1220. The second kappa shape index (κ2) is 9.67. The molecular formula is C29H38IN3O5. The maximum atomic E-state index is 12.8. The van der Waals surface area contributed by atoms with E-state index in [-0.39, 0.29) is 36.4 Å². The Morgan fingerprint density at radius 2 is 1.97 bits per heavy atom. The van der Waals surface area contributed by atoms with Crippen molar-refractivity contribution in [1.82, 2.24) is 5.32 Å². The lowest BCUT2D eigenvalue weighted by Gasteiger charge is -2.67. The molecule has 5 rings (SSSR count). The molecule has 0 bridgehead atoms. The Morgan fingerprint density at radius 1 is 1.21 bits per heavy atom. The summed E-state index contributed by atoms with van der Waals surface area (Å²) in [6, 6.07) is 8.03. The number of carbonyl (C=O) groups is 2. The summed E-state index contributed by atoms with van der Waals surface area (Å²) in [4.78, 5) is 29.9. The van der Waals surface area contributed by atoms with E-state index in [4.69, 9.17) is 5.73 Å². The quantitative estimate of drug-likeness (QED) is 0.190. The molecule has 0 radical (unpaired) electrons. The van der Waals surface area contributed by atoms with Crippen LogP contribution < -0.4 is 11.1 Å². The molecule has 206 valence electrons. The Labute approximate surface area is 237 Å². The van der Waals surface area contributed by atoms with Gasteiger partial charge in [0, 0.05) is 20.8 Å². The summed E-state index contributed by atoms with van der Waals surface area (Å²) in [5, 5.41) is 36.9. The second-order valence-electron chi connectivity index (χ2n) is 12.2. The fourth-order valence-electron chi connectivity index (χ4n) is 8.63. The minimum absolute atomic E-state index is 0.0848. The summed E-state index contributed by atoms with van der Waals surface area (Å²) in [6.45, 7) is 3.66. The number of aliphatic hydroxyl groups excluding tert-OH is 2. The van der Waals surface area contributed by atoms with Crippen molar-refractivity contribution in [3.05, 3.63) is 45.0 Å². The number of aliphatic imine (C=N–C) groups is 1. The van der Waals surface area contributed by atoms with Crippen LogP contribution in [-0.4, -0.2) is 56.7 Å². The summed E-state index contributed by atoms with van der Waals surface area (Å²) in [6.07, 6.45) is 4.16. The number of benzene rings is 1. The molecule has 8 nitrogen and oxygen atoms in total. The lowest BCUT2D eigenvalue weighted by molar-refractivity contribution is -0.193. The molecule has 0 aliphatic heterocycles. The molecule has 1 aromatic carbocycles. The van der Waals surface area contributed by atoms with Crippen molar-refractivity contribution >= 4 is 40.1 Å². The molecule has 0 unspecified atom stereocenters. The number of guanidine groups is 1. The number of hydrogen-bond acceptors (Lipinski definition) is 6. The molecule has 3 saturated carbocycles. The molecule has 0 aromatic heterocycles. The highest BCUT2D eigenvalue weighted by atomic mass is 127. The van der Waals surface area contributed by atoms with Gasteiger partial charge in [-0.2, -0.15) is 0 Å². The van der Waals surface area contributed by atoms with Crippen LogP contribution in [0.3, 0.4) is 0 Å². The van der Waals surface area contributed by atoms with E-state index in [9.17, 15) is 24.9 Å². The minimum atomic E-state index is -1.69. The maximum absolute atomic E-state index is 12.8. The average Bonchev–Trinajstić information content (AvgIpc) is 3.14. The molecule has 1 aromatic rings. The van der Waals surface area contributed by atoms with E-state index < -0.39 is 40.5 Å². The number of nitrogens with zero attached hydrogens (tertiary/aromatic N) is 1. The van der Waals surface area contributed by atoms with Gasteiger partial charge in [0.2, 0.25) is 0 Å². The highest BCUT2D eigenvalue weighted by molar-refractivity contribution is 14.1. The predicted octanol–water partition coefficient (Wildman–Crippen LogP) is 2.61. The monoisotopic (exact) mass is 635 g/mol. The van der Waals surface area contributed by atoms with Crippen LogP contribution in [0.15, 0.2) is 40.9 Å². The smallest absolute Gasteiger partial charge is 0.190 e. The van der Waals surface area contributed by atoms with Crippen molar-refractivity contribution in [3.63, 3.8) is 0 Å². The molecule has 0 amide bonds.